The zero-order chi connectivity index (χ0) is 15.5. The first-order valence-corrected chi connectivity index (χ1v) is 7.59. The number of aryl methyl sites for hydroxylation is 1. The Morgan fingerprint density at radius 3 is 3.09 bits per heavy atom. The molecule has 0 radical (unpaired) electrons. The van der Waals surface area contributed by atoms with Crippen LogP contribution in [0.4, 0.5) is 10.5 Å². The van der Waals surface area contributed by atoms with Crippen molar-refractivity contribution in [2.45, 2.75) is 19.8 Å². The molecule has 6 nitrogen and oxygen atoms in total. The highest BCUT2D eigenvalue weighted by Crippen LogP contribution is 2.28. The van der Waals surface area contributed by atoms with Crippen LogP contribution in [0, 0.1) is 12.8 Å². The number of hydrogen-bond donors (Lipinski definition) is 1. The Hall–Kier alpha value is -2.08. The summed E-state index contributed by atoms with van der Waals surface area (Å²) in [5, 5.41) is 2.85. The molecule has 3 rings (SSSR count). The van der Waals surface area contributed by atoms with E-state index < -0.39 is 0 Å². The normalized spacial score (nSPS) is 14.3. The molecule has 0 spiro atoms. The van der Waals surface area contributed by atoms with Crippen molar-refractivity contribution < 1.29 is 13.9 Å². The van der Waals surface area contributed by atoms with Crippen molar-refractivity contribution in [3.05, 3.63) is 24.1 Å². The Balaban J connectivity index is 1.49. The van der Waals surface area contributed by atoms with Gasteiger partial charge in [0.1, 0.15) is 5.52 Å². The predicted molar refractivity (Wildman–Crippen MR) is 83.9 cm³/mol. The summed E-state index contributed by atoms with van der Waals surface area (Å²) in [7, 11) is 1.76. The number of carbonyl (C=O) groups is 1. The highest BCUT2D eigenvalue weighted by molar-refractivity contribution is 5.91. The van der Waals surface area contributed by atoms with E-state index in [-0.39, 0.29) is 6.03 Å². The van der Waals surface area contributed by atoms with E-state index in [1.54, 1.807) is 24.9 Å². The molecule has 2 amide bonds. The highest BCUT2D eigenvalue weighted by atomic mass is 16.5. The Morgan fingerprint density at radius 1 is 1.50 bits per heavy atom. The molecule has 118 valence electrons. The summed E-state index contributed by atoms with van der Waals surface area (Å²) < 4.78 is 11.0. The van der Waals surface area contributed by atoms with Crippen molar-refractivity contribution >= 4 is 22.8 Å². The van der Waals surface area contributed by atoms with Crippen molar-refractivity contribution in [1.29, 1.82) is 0 Å². The largest absolute Gasteiger partial charge is 0.441 e. The number of carbonyl (C=O) groups excluding carboxylic acids is 1. The molecular formula is C16H21N3O3. The van der Waals surface area contributed by atoms with E-state index in [0.717, 1.165) is 18.0 Å². The van der Waals surface area contributed by atoms with Gasteiger partial charge in [-0.1, -0.05) is 0 Å². The van der Waals surface area contributed by atoms with Crippen LogP contribution < -0.4 is 5.32 Å². The Morgan fingerprint density at radius 2 is 2.32 bits per heavy atom. The first kappa shape index (κ1) is 14.8. The van der Waals surface area contributed by atoms with Crippen LogP contribution in [-0.4, -0.2) is 42.7 Å². The van der Waals surface area contributed by atoms with Crippen LogP contribution in [0.1, 0.15) is 18.7 Å². The summed E-state index contributed by atoms with van der Waals surface area (Å²) in [6.45, 7) is 3.76. The minimum atomic E-state index is -0.161. The van der Waals surface area contributed by atoms with Gasteiger partial charge in [0.15, 0.2) is 11.5 Å². The second kappa shape index (κ2) is 6.36. The molecule has 0 atom stereocenters. The number of ether oxygens (including phenoxy) is 1. The molecule has 1 N–H and O–H groups in total. The molecule has 1 aliphatic carbocycles. The molecule has 22 heavy (non-hydrogen) atoms. The monoisotopic (exact) mass is 303 g/mol. The van der Waals surface area contributed by atoms with Gasteiger partial charge in [0.25, 0.3) is 0 Å². The Kier molecular flexibility index (Phi) is 4.29. The van der Waals surface area contributed by atoms with Crippen LogP contribution in [0.3, 0.4) is 0 Å². The molecule has 6 heteroatoms. The fourth-order valence-electron chi connectivity index (χ4n) is 2.17. The minimum Gasteiger partial charge on any atom is -0.441 e. The number of rotatable bonds is 6. The van der Waals surface area contributed by atoms with Gasteiger partial charge in [0, 0.05) is 38.9 Å². The van der Waals surface area contributed by atoms with Crippen molar-refractivity contribution in [2.75, 3.05) is 32.1 Å². The van der Waals surface area contributed by atoms with Gasteiger partial charge < -0.3 is 19.4 Å². The lowest BCUT2D eigenvalue weighted by Crippen LogP contribution is -2.34. The average molecular weight is 303 g/mol. The van der Waals surface area contributed by atoms with E-state index in [0.29, 0.717) is 30.3 Å². The first-order chi connectivity index (χ1) is 10.6. The number of nitrogens with zero attached hydrogens (tertiary/aromatic N) is 2. The van der Waals surface area contributed by atoms with Crippen molar-refractivity contribution in [3.63, 3.8) is 0 Å². The molecule has 0 saturated heterocycles. The number of aromatic nitrogens is 1. The fourth-order valence-corrected chi connectivity index (χ4v) is 2.17. The van der Waals surface area contributed by atoms with Crippen LogP contribution in [0.5, 0.6) is 0 Å². The second-order valence-corrected chi connectivity index (χ2v) is 5.79. The maximum absolute atomic E-state index is 12.1. The van der Waals surface area contributed by atoms with Gasteiger partial charge in [-0.2, -0.15) is 0 Å². The Labute approximate surface area is 129 Å². The third-order valence-electron chi connectivity index (χ3n) is 3.71. The second-order valence-electron chi connectivity index (χ2n) is 5.79. The van der Waals surface area contributed by atoms with Crippen LogP contribution in [0.15, 0.2) is 22.6 Å². The maximum atomic E-state index is 12.1. The average Bonchev–Trinajstić information content (AvgIpc) is 3.23. The topological polar surface area (TPSA) is 67.6 Å². The number of urea groups is 1. The number of nitrogens with one attached hydrogen (secondary N) is 1. The smallest absolute Gasteiger partial charge is 0.321 e. The summed E-state index contributed by atoms with van der Waals surface area (Å²) in [6, 6.07) is 5.27. The number of hydrogen-bond acceptors (Lipinski definition) is 4. The molecule has 1 fully saturated rings. The zero-order valence-electron chi connectivity index (χ0n) is 13.0. The summed E-state index contributed by atoms with van der Waals surface area (Å²) in [5.41, 5.74) is 2.16. The summed E-state index contributed by atoms with van der Waals surface area (Å²) in [6.07, 6.45) is 2.56. The van der Waals surface area contributed by atoms with E-state index in [2.05, 4.69) is 10.3 Å². The molecule has 0 aliphatic heterocycles. The molecule has 0 unspecified atom stereocenters. The van der Waals surface area contributed by atoms with E-state index in [4.69, 9.17) is 9.15 Å². The molecule has 1 aliphatic rings. The molecule has 2 aromatic rings. The summed E-state index contributed by atoms with van der Waals surface area (Å²) in [4.78, 5) is 18.0. The molecule has 1 aromatic carbocycles. The van der Waals surface area contributed by atoms with Gasteiger partial charge >= 0.3 is 6.03 Å². The third kappa shape index (κ3) is 3.76. The lowest BCUT2D eigenvalue weighted by atomic mass is 10.3. The number of benzene rings is 1. The van der Waals surface area contributed by atoms with E-state index >= 15 is 0 Å². The molecule has 1 aromatic heterocycles. The van der Waals surface area contributed by atoms with Crippen molar-refractivity contribution in [3.8, 4) is 0 Å². The van der Waals surface area contributed by atoms with Gasteiger partial charge in [-0.3, -0.25) is 0 Å². The molecule has 1 heterocycles. The molecule has 1 saturated carbocycles. The standard InChI is InChI=1S/C16H21N3O3/c1-11-17-14-6-5-13(9-15(14)22-11)18-16(20)19(2)7-8-21-10-12-3-4-12/h5-6,9,12H,3-4,7-8,10H2,1-2H3,(H,18,20). The molecular weight excluding hydrogens is 282 g/mol. The van der Waals surface area contributed by atoms with E-state index in [1.807, 2.05) is 12.1 Å². The summed E-state index contributed by atoms with van der Waals surface area (Å²) in [5.74, 6) is 1.36. The van der Waals surface area contributed by atoms with Gasteiger partial charge in [0.05, 0.1) is 6.61 Å². The predicted octanol–water partition coefficient (Wildman–Crippen LogP) is 3.03. The number of anilines is 1. The first-order valence-electron chi connectivity index (χ1n) is 7.59. The van der Waals surface area contributed by atoms with Gasteiger partial charge in [0.2, 0.25) is 0 Å². The van der Waals surface area contributed by atoms with Gasteiger partial charge in [-0.25, -0.2) is 9.78 Å². The van der Waals surface area contributed by atoms with Gasteiger partial charge in [-0.15, -0.1) is 0 Å². The van der Waals surface area contributed by atoms with Crippen LogP contribution >= 0.6 is 0 Å². The number of amides is 2. The fraction of sp³-hybridized carbons (Fsp3) is 0.500. The van der Waals surface area contributed by atoms with Crippen LogP contribution in [0.2, 0.25) is 0 Å². The van der Waals surface area contributed by atoms with E-state index in [9.17, 15) is 4.79 Å². The van der Waals surface area contributed by atoms with Crippen LogP contribution in [0.25, 0.3) is 11.1 Å². The van der Waals surface area contributed by atoms with Crippen molar-refractivity contribution in [1.82, 2.24) is 9.88 Å². The zero-order valence-corrected chi connectivity index (χ0v) is 13.0. The van der Waals surface area contributed by atoms with Crippen molar-refractivity contribution in [2.24, 2.45) is 5.92 Å². The van der Waals surface area contributed by atoms with Crippen LogP contribution in [-0.2, 0) is 4.74 Å². The lowest BCUT2D eigenvalue weighted by Gasteiger charge is -2.17. The number of fused-ring (bicyclic) bond motifs is 1. The van der Waals surface area contributed by atoms with E-state index in [1.165, 1.54) is 12.8 Å². The van der Waals surface area contributed by atoms with Gasteiger partial charge in [-0.05, 0) is 30.9 Å². The minimum absolute atomic E-state index is 0.161. The quantitative estimate of drug-likeness (QED) is 0.833. The number of oxazole rings is 1. The highest BCUT2D eigenvalue weighted by Gasteiger charge is 2.21. The summed E-state index contributed by atoms with van der Waals surface area (Å²) >= 11 is 0. The third-order valence-corrected chi connectivity index (χ3v) is 3.71. The maximum Gasteiger partial charge on any atom is 0.321 e. The SMILES string of the molecule is Cc1nc2ccc(NC(=O)N(C)CCOCC3CC3)cc2o1. The lowest BCUT2D eigenvalue weighted by molar-refractivity contribution is 0.109. The Bertz CT molecular complexity index is 664. The number of likely N-dealkylation sites (N-methyl/N-ethyl adjacent to an activating group) is 1. The molecule has 0 bridgehead atoms.